The molecule has 1 atom stereocenters. The van der Waals surface area contributed by atoms with Crippen molar-refractivity contribution in [2.24, 2.45) is 0 Å². The van der Waals surface area contributed by atoms with Crippen molar-refractivity contribution in [3.8, 4) is 0 Å². The maximum Gasteiger partial charge on any atom is 0.269 e. The van der Waals surface area contributed by atoms with Crippen molar-refractivity contribution < 1.29 is 4.92 Å². The zero-order valence-corrected chi connectivity index (χ0v) is 12.4. The molecule has 0 radical (unpaired) electrons. The summed E-state index contributed by atoms with van der Waals surface area (Å²) in [4.78, 5) is 12.7. The van der Waals surface area contributed by atoms with E-state index in [4.69, 9.17) is 0 Å². The van der Waals surface area contributed by atoms with Crippen LogP contribution in [0.5, 0.6) is 0 Å². The quantitative estimate of drug-likeness (QED) is 0.688. The van der Waals surface area contributed by atoms with E-state index in [1.165, 1.54) is 6.07 Å². The Balaban J connectivity index is 0.00000162. The molecule has 0 spiro atoms. The summed E-state index contributed by atoms with van der Waals surface area (Å²) in [5.41, 5.74) is 1.19. The predicted octanol–water partition coefficient (Wildman–Crippen LogP) is 2.40. The highest BCUT2D eigenvalue weighted by molar-refractivity contribution is 5.85. The van der Waals surface area contributed by atoms with Gasteiger partial charge in [0.15, 0.2) is 0 Å². The highest BCUT2D eigenvalue weighted by atomic mass is 35.5. The zero-order chi connectivity index (χ0) is 12.3. The molecule has 0 aromatic heterocycles. The minimum absolute atomic E-state index is 0. The summed E-state index contributed by atoms with van der Waals surface area (Å²) in [7, 11) is 0. The zero-order valence-electron chi connectivity index (χ0n) is 10.7. The van der Waals surface area contributed by atoms with E-state index in [0.717, 1.165) is 31.7 Å². The molecule has 1 aliphatic rings. The molecule has 1 heterocycles. The molecule has 108 valence electrons. The SMILES string of the molecule is C[C@H](c1cccc([N+](=O)[O-])c1)N1CCNCC1.Cl.Cl. The van der Waals surface area contributed by atoms with Crippen LogP contribution in [0.15, 0.2) is 24.3 Å². The van der Waals surface area contributed by atoms with E-state index >= 15 is 0 Å². The van der Waals surface area contributed by atoms with Gasteiger partial charge < -0.3 is 5.32 Å². The van der Waals surface area contributed by atoms with Gasteiger partial charge in [-0.3, -0.25) is 15.0 Å². The number of hydrogen-bond donors (Lipinski definition) is 1. The predicted molar refractivity (Wildman–Crippen MR) is 80.5 cm³/mol. The van der Waals surface area contributed by atoms with E-state index in [-0.39, 0.29) is 41.5 Å². The van der Waals surface area contributed by atoms with E-state index in [0.29, 0.717) is 0 Å². The van der Waals surface area contributed by atoms with Gasteiger partial charge in [0, 0.05) is 44.4 Å². The monoisotopic (exact) mass is 307 g/mol. The number of hydrogen-bond acceptors (Lipinski definition) is 4. The van der Waals surface area contributed by atoms with Gasteiger partial charge in [0.1, 0.15) is 0 Å². The lowest BCUT2D eigenvalue weighted by molar-refractivity contribution is -0.384. The van der Waals surface area contributed by atoms with Crippen LogP contribution in [0.25, 0.3) is 0 Å². The fourth-order valence-corrected chi connectivity index (χ4v) is 2.18. The minimum atomic E-state index is -0.339. The van der Waals surface area contributed by atoms with Crippen molar-refractivity contribution in [1.29, 1.82) is 0 Å². The summed E-state index contributed by atoms with van der Waals surface area (Å²) < 4.78 is 0. The van der Waals surface area contributed by atoms with Gasteiger partial charge in [-0.05, 0) is 12.5 Å². The summed E-state index contributed by atoms with van der Waals surface area (Å²) in [5, 5.41) is 14.0. The standard InChI is InChI=1S/C12H17N3O2.2ClH/c1-10(14-7-5-13-6-8-14)11-3-2-4-12(9-11)15(16)17;;/h2-4,9-10,13H,5-8H2,1H3;2*1H/t10-;;/m1../s1. The number of rotatable bonds is 3. The molecule has 0 saturated carbocycles. The highest BCUT2D eigenvalue weighted by Crippen LogP contribution is 2.23. The Morgan fingerprint density at radius 1 is 1.32 bits per heavy atom. The number of nitro groups is 1. The first-order valence-electron chi connectivity index (χ1n) is 5.87. The number of piperazine rings is 1. The fraction of sp³-hybridized carbons (Fsp3) is 0.500. The van der Waals surface area contributed by atoms with Crippen molar-refractivity contribution in [2.75, 3.05) is 26.2 Å². The molecule has 1 N–H and O–H groups in total. The van der Waals surface area contributed by atoms with E-state index in [1.807, 2.05) is 6.07 Å². The molecule has 1 fully saturated rings. The first-order chi connectivity index (χ1) is 8.18. The number of non-ortho nitro benzene ring substituents is 1. The third-order valence-electron chi connectivity index (χ3n) is 3.26. The normalized spacial score (nSPS) is 16.9. The average Bonchev–Trinajstić information content (AvgIpc) is 2.39. The van der Waals surface area contributed by atoms with Crippen molar-refractivity contribution in [2.45, 2.75) is 13.0 Å². The topological polar surface area (TPSA) is 58.4 Å². The highest BCUT2D eigenvalue weighted by Gasteiger charge is 2.19. The largest absolute Gasteiger partial charge is 0.314 e. The second-order valence-electron chi connectivity index (χ2n) is 4.31. The van der Waals surface area contributed by atoms with Crippen LogP contribution in [-0.2, 0) is 0 Å². The van der Waals surface area contributed by atoms with Gasteiger partial charge in [-0.15, -0.1) is 24.8 Å². The van der Waals surface area contributed by atoms with Crippen LogP contribution in [0.2, 0.25) is 0 Å². The van der Waals surface area contributed by atoms with Gasteiger partial charge in [0.05, 0.1) is 4.92 Å². The van der Waals surface area contributed by atoms with Gasteiger partial charge in [0.2, 0.25) is 0 Å². The number of nitrogens with one attached hydrogen (secondary N) is 1. The second kappa shape index (κ2) is 8.32. The number of halogens is 2. The molecule has 0 amide bonds. The molecule has 7 heteroatoms. The van der Waals surface area contributed by atoms with Gasteiger partial charge in [0.25, 0.3) is 5.69 Å². The number of benzene rings is 1. The lowest BCUT2D eigenvalue weighted by Gasteiger charge is -2.32. The lowest BCUT2D eigenvalue weighted by atomic mass is 10.1. The van der Waals surface area contributed by atoms with Crippen LogP contribution in [0.1, 0.15) is 18.5 Å². The Labute approximate surface area is 125 Å². The van der Waals surface area contributed by atoms with Gasteiger partial charge in [-0.1, -0.05) is 12.1 Å². The molecule has 1 aliphatic heterocycles. The van der Waals surface area contributed by atoms with Crippen LogP contribution >= 0.6 is 24.8 Å². The third kappa shape index (κ3) is 4.62. The number of nitrogens with zero attached hydrogens (tertiary/aromatic N) is 2. The lowest BCUT2D eigenvalue weighted by Crippen LogP contribution is -2.44. The van der Waals surface area contributed by atoms with Crippen LogP contribution < -0.4 is 5.32 Å². The van der Waals surface area contributed by atoms with Crippen LogP contribution in [0.4, 0.5) is 5.69 Å². The van der Waals surface area contributed by atoms with E-state index in [9.17, 15) is 10.1 Å². The van der Waals surface area contributed by atoms with Gasteiger partial charge >= 0.3 is 0 Å². The molecule has 5 nitrogen and oxygen atoms in total. The molecule has 2 rings (SSSR count). The Morgan fingerprint density at radius 3 is 2.53 bits per heavy atom. The van der Waals surface area contributed by atoms with Crippen LogP contribution in [0, 0.1) is 10.1 Å². The van der Waals surface area contributed by atoms with E-state index in [2.05, 4.69) is 17.1 Å². The summed E-state index contributed by atoms with van der Waals surface area (Å²) in [6.45, 7) is 6.05. The maximum absolute atomic E-state index is 10.7. The molecule has 1 aromatic rings. The molecular formula is C12H19Cl2N3O2. The van der Waals surface area contributed by atoms with Crippen LogP contribution in [-0.4, -0.2) is 36.0 Å². The average molecular weight is 308 g/mol. The number of nitro benzene ring substituents is 1. The Kier molecular flexibility index (Phi) is 7.94. The Bertz CT molecular complexity index is 412. The van der Waals surface area contributed by atoms with Crippen molar-refractivity contribution in [3.05, 3.63) is 39.9 Å². The summed E-state index contributed by atoms with van der Waals surface area (Å²) in [6.07, 6.45) is 0. The first kappa shape index (κ1) is 18.1. The maximum atomic E-state index is 10.7. The minimum Gasteiger partial charge on any atom is -0.314 e. The van der Waals surface area contributed by atoms with Gasteiger partial charge in [-0.2, -0.15) is 0 Å². The summed E-state index contributed by atoms with van der Waals surface area (Å²) >= 11 is 0. The molecule has 1 saturated heterocycles. The van der Waals surface area contributed by atoms with Gasteiger partial charge in [-0.25, -0.2) is 0 Å². The molecule has 0 unspecified atom stereocenters. The smallest absolute Gasteiger partial charge is 0.269 e. The Morgan fingerprint density at radius 2 is 1.95 bits per heavy atom. The molecule has 0 bridgehead atoms. The molecular weight excluding hydrogens is 289 g/mol. The van der Waals surface area contributed by atoms with E-state index in [1.54, 1.807) is 12.1 Å². The van der Waals surface area contributed by atoms with Crippen molar-refractivity contribution in [1.82, 2.24) is 10.2 Å². The molecule has 1 aromatic carbocycles. The molecule has 19 heavy (non-hydrogen) atoms. The third-order valence-corrected chi connectivity index (χ3v) is 3.26. The summed E-state index contributed by atoms with van der Waals surface area (Å²) in [5.74, 6) is 0. The molecule has 0 aliphatic carbocycles. The summed E-state index contributed by atoms with van der Waals surface area (Å²) in [6, 6.07) is 7.16. The van der Waals surface area contributed by atoms with Crippen molar-refractivity contribution >= 4 is 30.5 Å². The Hall–Kier alpha value is -0.880. The van der Waals surface area contributed by atoms with Crippen LogP contribution in [0.3, 0.4) is 0 Å². The first-order valence-corrected chi connectivity index (χ1v) is 5.87. The second-order valence-corrected chi connectivity index (χ2v) is 4.31. The fourth-order valence-electron chi connectivity index (χ4n) is 2.18. The van der Waals surface area contributed by atoms with Crippen molar-refractivity contribution in [3.63, 3.8) is 0 Å². The van der Waals surface area contributed by atoms with E-state index < -0.39 is 0 Å².